The first-order chi connectivity index (χ1) is 12.9. The Kier molecular flexibility index (Phi) is 3.60. The third-order valence-corrected chi connectivity index (χ3v) is 4.92. The summed E-state index contributed by atoms with van der Waals surface area (Å²) in [5.41, 5.74) is 6.48. The number of hydrogen-bond acceptors (Lipinski definition) is 2. The van der Waals surface area contributed by atoms with Gasteiger partial charge in [0.25, 0.3) is 0 Å². The molecule has 0 aromatic heterocycles. The van der Waals surface area contributed by atoms with Crippen molar-refractivity contribution < 1.29 is 0 Å². The fraction of sp³-hybridized carbons (Fsp3) is 0.0833. The maximum absolute atomic E-state index is 5.01. The molecule has 26 heavy (non-hydrogen) atoms. The van der Waals surface area contributed by atoms with Gasteiger partial charge in [-0.1, -0.05) is 60.7 Å². The van der Waals surface area contributed by atoms with Gasteiger partial charge in [-0.25, -0.2) is 9.98 Å². The van der Waals surface area contributed by atoms with Crippen LogP contribution in [0, 0.1) is 0 Å². The molecule has 124 valence electrons. The van der Waals surface area contributed by atoms with Crippen LogP contribution in [0.25, 0.3) is 11.6 Å². The van der Waals surface area contributed by atoms with Crippen molar-refractivity contribution in [3.05, 3.63) is 94.9 Å². The second kappa shape index (κ2) is 6.23. The van der Waals surface area contributed by atoms with Crippen LogP contribution in [0.15, 0.2) is 88.8 Å². The van der Waals surface area contributed by atoms with Crippen molar-refractivity contribution in [3.63, 3.8) is 0 Å². The van der Waals surface area contributed by atoms with E-state index >= 15 is 0 Å². The lowest BCUT2D eigenvalue weighted by atomic mass is 10.0. The highest BCUT2D eigenvalue weighted by Gasteiger charge is 2.27. The standard InChI is InChI=1S/C24H18N2/c1-3-11-18(12-4-1)25-23-20-15-7-9-17-10-8-16-21(22(17)20)24(23)26-19-13-5-2-6-14-19/h1-7,9-15H,8,16H2. The maximum atomic E-state index is 5.01. The Labute approximate surface area is 152 Å². The molecule has 0 unspecified atom stereocenters. The van der Waals surface area contributed by atoms with Gasteiger partial charge in [0, 0.05) is 5.56 Å². The highest BCUT2D eigenvalue weighted by molar-refractivity contribution is 6.63. The predicted octanol–water partition coefficient (Wildman–Crippen LogP) is 4.32. The van der Waals surface area contributed by atoms with Crippen LogP contribution in [0.1, 0.15) is 18.4 Å². The molecule has 0 saturated carbocycles. The summed E-state index contributed by atoms with van der Waals surface area (Å²) in [7, 11) is 0. The van der Waals surface area contributed by atoms with E-state index in [-0.39, 0.29) is 0 Å². The molecule has 3 aromatic carbocycles. The summed E-state index contributed by atoms with van der Waals surface area (Å²) < 4.78 is 0. The van der Waals surface area contributed by atoms with Gasteiger partial charge < -0.3 is 0 Å². The molecule has 0 heterocycles. The van der Waals surface area contributed by atoms with E-state index in [0.717, 1.165) is 35.6 Å². The van der Waals surface area contributed by atoms with Gasteiger partial charge >= 0.3 is 0 Å². The lowest BCUT2D eigenvalue weighted by molar-refractivity contribution is 1.10. The zero-order valence-corrected chi connectivity index (χ0v) is 14.4. The van der Waals surface area contributed by atoms with Crippen LogP contribution in [-0.2, 0) is 0 Å². The Morgan fingerprint density at radius 3 is 1.96 bits per heavy atom. The minimum atomic E-state index is 0.962. The molecular weight excluding hydrogens is 316 g/mol. The smallest absolute Gasteiger partial charge is 0.0975 e. The van der Waals surface area contributed by atoms with Gasteiger partial charge in [0.1, 0.15) is 0 Å². The molecule has 0 bridgehead atoms. The Balaban J connectivity index is 1.79. The second-order valence-corrected chi connectivity index (χ2v) is 6.58. The molecule has 0 fully saturated rings. The molecule has 2 nitrogen and oxygen atoms in total. The third kappa shape index (κ3) is 2.51. The Morgan fingerprint density at radius 1 is 0.615 bits per heavy atom. The van der Waals surface area contributed by atoms with Crippen molar-refractivity contribution in [2.24, 2.45) is 9.98 Å². The fourth-order valence-electron chi connectivity index (χ4n) is 3.78. The van der Waals surface area contributed by atoms with Crippen molar-refractivity contribution in [3.8, 4) is 0 Å². The molecule has 0 radical (unpaired) electrons. The summed E-state index contributed by atoms with van der Waals surface area (Å²) >= 11 is 0. The van der Waals surface area contributed by atoms with E-state index in [2.05, 4.69) is 24.3 Å². The lowest BCUT2D eigenvalue weighted by Gasteiger charge is -2.08. The van der Waals surface area contributed by atoms with Crippen LogP contribution in [0.5, 0.6) is 0 Å². The van der Waals surface area contributed by atoms with Gasteiger partial charge in [0.15, 0.2) is 0 Å². The summed E-state index contributed by atoms with van der Waals surface area (Å²) in [6, 6.07) is 26.8. The topological polar surface area (TPSA) is 24.7 Å². The zero-order chi connectivity index (χ0) is 17.3. The molecule has 0 spiro atoms. The van der Waals surface area contributed by atoms with Crippen molar-refractivity contribution in [2.45, 2.75) is 12.8 Å². The van der Waals surface area contributed by atoms with E-state index in [1.807, 2.05) is 60.7 Å². The van der Waals surface area contributed by atoms with Crippen molar-refractivity contribution >= 4 is 34.4 Å². The molecule has 0 N–H and O–H groups in total. The summed E-state index contributed by atoms with van der Waals surface area (Å²) in [5.74, 6) is 0. The average Bonchev–Trinajstić information content (AvgIpc) is 2.99. The van der Waals surface area contributed by atoms with E-state index in [0.29, 0.717) is 0 Å². The van der Waals surface area contributed by atoms with Crippen LogP contribution in [0.2, 0.25) is 0 Å². The van der Waals surface area contributed by atoms with Gasteiger partial charge in [0.2, 0.25) is 0 Å². The van der Waals surface area contributed by atoms with Crippen molar-refractivity contribution in [1.29, 1.82) is 0 Å². The van der Waals surface area contributed by atoms with Gasteiger partial charge in [-0.05, 0) is 53.1 Å². The largest absolute Gasteiger partial charge is 0.246 e. The number of nitrogens with zero attached hydrogens (tertiary/aromatic N) is 2. The van der Waals surface area contributed by atoms with E-state index in [4.69, 9.17) is 9.98 Å². The third-order valence-electron chi connectivity index (χ3n) is 4.92. The second-order valence-electron chi connectivity index (χ2n) is 6.58. The van der Waals surface area contributed by atoms with Crippen LogP contribution < -0.4 is 10.4 Å². The Morgan fingerprint density at radius 2 is 1.27 bits per heavy atom. The van der Waals surface area contributed by atoms with Crippen molar-refractivity contribution in [1.82, 2.24) is 0 Å². The van der Waals surface area contributed by atoms with Gasteiger partial charge in [-0.2, -0.15) is 0 Å². The van der Waals surface area contributed by atoms with E-state index in [1.165, 1.54) is 21.6 Å². The van der Waals surface area contributed by atoms with Crippen LogP contribution in [0.4, 0.5) is 11.4 Å². The number of hydrogen-bond donors (Lipinski definition) is 0. The Hall–Kier alpha value is -3.26. The highest BCUT2D eigenvalue weighted by atomic mass is 14.8. The monoisotopic (exact) mass is 334 g/mol. The quantitative estimate of drug-likeness (QED) is 0.667. The van der Waals surface area contributed by atoms with Crippen LogP contribution in [-0.4, -0.2) is 11.4 Å². The molecule has 2 aliphatic rings. The summed E-state index contributed by atoms with van der Waals surface area (Å²) in [4.78, 5) is 10.0. The van der Waals surface area contributed by atoms with E-state index in [1.54, 1.807) is 0 Å². The van der Waals surface area contributed by atoms with Gasteiger partial charge in [-0.3, -0.25) is 0 Å². The van der Waals surface area contributed by atoms with E-state index < -0.39 is 0 Å². The highest BCUT2D eigenvalue weighted by Crippen LogP contribution is 2.25. The Bertz CT molecular complexity index is 1150. The number of benzene rings is 3. The first-order valence-corrected chi connectivity index (χ1v) is 9.01. The molecule has 0 amide bonds. The summed E-state index contributed by atoms with van der Waals surface area (Å²) in [6.45, 7) is 0. The van der Waals surface area contributed by atoms with Crippen molar-refractivity contribution in [2.75, 3.05) is 0 Å². The molecule has 5 rings (SSSR count). The molecule has 0 aliphatic heterocycles. The normalized spacial score (nSPS) is 18.1. The molecular formula is C24H18N2. The van der Waals surface area contributed by atoms with E-state index in [9.17, 15) is 0 Å². The molecule has 0 atom stereocenters. The average molecular weight is 334 g/mol. The molecule has 2 heteroatoms. The molecule has 3 aromatic rings. The van der Waals surface area contributed by atoms with Crippen LogP contribution >= 0.6 is 0 Å². The predicted molar refractivity (Wildman–Crippen MR) is 109 cm³/mol. The number of rotatable bonds is 2. The lowest BCUT2D eigenvalue weighted by Crippen LogP contribution is -2.30. The minimum absolute atomic E-state index is 0.962. The zero-order valence-electron chi connectivity index (χ0n) is 14.4. The van der Waals surface area contributed by atoms with Crippen LogP contribution in [0.3, 0.4) is 0 Å². The number of para-hydroxylation sites is 2. The summed E-state index contributed by atoms with van der Waals surface area (Å²) in [6.07, 6.45) is 4.40. The molecule has 2 aliphatic carbocycles. The summed E-state index contributed by atoms with van der Waals surface area (Å²) in [5, 5.41) is 2.63. The fourth-order valence-corrected chi connectivity index (χ4v) is 3.78. The maximum Gasteiger partial charge on any atom is 0.0975 e. The first-order valence-electron chi connectivity index (χ1n) is 9.01. The minimum Gasteiger partial charge on any atom is -0.246 e. The number of aliphatic imine (C=N–C) groups is 2. The SMILES string of the molecule is C1=c2cccc3c2=C(CC1)C(=Nc1ccccc1)C3=Nc1ccccc1. The molecule has 0 saturated heterocycles. The first kappa shape index (κ1) is 15.0. The van der Waals surface area contributed by atoms with Gasteiger partial charge in [-0.15, -0.1) is 0 Å². The van der Waals surface area contributed by atoms with Gasteiger partial charge in [0.05, 0.1) is 22.8 Å².